The number of nitrogens with zero attached hydrogens (tertiary/aromatic N) is 1. The number of rotatable bonds is 6. The average molecular weight is 429 g/mol. The van der Waals surface area contributed by atoms with Crippen molar-refractivity contribution in [1.82, 2.24) is 0 Å². The third kappa shape index (κ3) is 4.81. The first-order chi connectivity index (χ1) is 9.90. The lowest BCUT2D eigenvalue weighted by molar-refractivity contribution is -0.387. The van der Waals surface area contributed by atoms with E-state index in [1.165, 1.54) is 23.0 Å². The summed E-state index contributed by atoms with van der Waals surface area (Å²) in [5.74, 6) is -2.77. The van der Waals surface area contributed by atoms with Crippen LogP contribution < -0.4 is 0 Å². The molecule has 7 nitrogen and oxygen atoms in total. The van der Waals surface area contributed by atoms with Crippen LogP contribution in [0.2, 0.25) is 0 Å². The van der Waals surface area contributed by atoms with E-state index in [4.69, 9.17) is 0 Å². The van der Waals surface area contributed by atoms with Crippen molar-refractivity contribution >= 4 is 52.4 Å². The van der Waals surface area contributed by atoms with Crippen molar-refractivity contribution < 1.29 is 26.7 Å². The number of hydrogen-bond acceptors (Lipinski definition) is 7. The van der Waals surface area contributed by atoms with Crippen LogP contribution in [-0.2, 0) is 12.6 Å². The number of nitro groups is 1. The molecular weight excluding hydrogens is 420 g/mol. The van der Waals surface area contributed by atoms with Gasteiger partial charge in [-0.25, -0.2) is 9.18 Å². The van der Waals surface area contributed by atoms with Gasteiger partial charge in [-0.1, -0.05) is 0 Å². The SMILES string of the molecule is CCOC(=O)CSc1cc(F)c(C(=O)OI)cc1[N+](=O)[O-]. The van der Waals surface area contributed by atoms with E-state index in [1.807, 2.05) is 0 Å². The molecule has 10 heteroatoms. The molecule has 0 amide bonds. The van der Waals surface area contributed by atoms with E-state index in [9.17, 15) is 24.1 Å². The summed E-state index contributed by atoms with van der Waals surface area (Å²) in [5.41, 5.74) is -1.03. The highest BCUT2D eigenvalue weighted by molar-refractivity contribution is 14.1. The lowest BCUT2D eigenvalue weighted by atomic mass is 10.2. The van der Waals surface area contributed by atoms with Gasteiger partial charge in [0.05, 0.1) is 22.2 Å². The van der Waals surface area contributed by atoms with E-state index in [-0.39, 0.29) is 17.3 Å². The van der Waals surface area contributed by atoms with Crippen LogP contribution in [0.4, 0.5) is 10.1 Å². The van der Waals surface area contributed by atoms with Crippen LogP contribution in [0.1, 0.15) is 17.3 Å². The highest BCUT2D eigenvalue weighted by Crippen LogP contribution is 2.32. The molecule has 0 aliphatic carbocycles. The minimum atomic E-state index is -1.03. The number of carbonyl (C=O) groups is 2. The quantitative estimate of drug-likeness (QED) is 0.226. The second-order valence-electron chi connectivity index (χ2n) is 3.52. The van der Waals surface area contributed by atoms with Gasteiger partial charge < -0.3 is 7.80 Å². The Labute approximate surface area is 137 Å². The maximum absolute atomic E-state index is 13.7. The van der Waals surface area contributed by atoms with Crippen LogP contribution in [0.5, 0.6) is 0 Å². The Kier molecular flexibility index (Phi) is 6.81. The first kappa shape index (κ1) is 17.6. The minimum Gasteiger partial charge on any atom is -0.465 e. The highest BCUT2D eigenvalue weighted by atomic mass is 127. The molecule has 0 spiro atoms. The molecular formula is C11H9FINO6S. The Hall–Kier alpha value is -1.43. The van der Waals surface area contributed by atoms with E-state index >= 15 is 0 Å². The summed E-state index contributed by atoms with van der Waals surface area (Å²) in [7, 11) is 0. The highest BCUT2D eigenvalue weighted by Gasteiger charge is 2.23. The van der Waals surface area contributed by atoms with Gasteiger partial charge in [0.15, 0.2) is 23.0 Å². The number of nitro benzene ring substituents is 1. The summed E-state index contributed by atoms with van der Waals surface area (Å²) in [6.07, 6.45) is 0. The number of benzene rings is 1. The molecule has 0 unspecified atom stereocenters. The number of esters is 1. The smallest absolute Gasteiger partial charge is 0.350 e. The summed E-state index contributed by atoms with van der Waals surface area (Å²) in [6, 6.07) is 1.61. The Morgan fingerprint density at radius 2 is 2.14 bits per heavy atom. The van der Waals surface area contributed by atoms with Gasteiger partial charge in [-0.15, -0.1) is 11.8 Å². The van der Waals surface area contributed by atoms with Crippen molar-refractivity contribution in [2.45, 2.75) is 11.8 Å². The van der Waals surface area contributed by atoms with Gasteiger partial charge in [-0.3, -0.25) is 14.9 Å². The number of halogens is 2. The maximum Gasteiger partial charge on any atom is 0.350 e. The van der Waals surface area contributed by atoms with E-state index in [1.54, 1.807) is 6.92 Å². The fraction of sp³-hybridized carbons (Fsp3) is 0.273. The van der Waals surface area contributed by atoms with E-state index < -0.39 is 33.9 Å². The first-order valence-corrected chi connectivity index (χ1v) is 7.36. The zero-order chi connectivity index (χ0) is 16.0. The Morgan fingerprint density at radius 1 is 1.48 bits per heavy atom. The van der Waals surface area contributed by atoms with Crippen LogP contribution in [0.25, 0.3) is 0 Å². The molecule has 0 saturated heterocycles. The molecule has 1 aromatic carbocycles. The van der Waals surface area contributed by atoms with Gasteiger partial charge >= 0.3 is 11.9 Å². The van der Waals surface area contributed by atoms with Gasteiger partial charge in [-0.2, -0.15) is 0 Å². The number of thioether (sulfide) groups is 1. The van der Waals surface area contributed by atoms with Crippen molar-refractivity contribution in [3.8, 4) is 0 Å². The lowest BCUT2D eigenvalue weighted by Crippen LogP contribution is -2.08. The summed E-state index contributed by atoms with van der Waals surface area (Å²) in [6.45, 7) is 1.80. The third-order valence-electron chi connectivity index (χ3n) is 2.19. The number of ether oxygens (including phenoxy) is 1. The van der Waals surface area contributed by atoms with Crippen molar-refractivity contribution in [2.24, 2.45) is 0 Å². The molecule has 0 atom stereocenters. The van der Waals surface area contributed by atoms with Gasteiger partial charge in [0, 0.05) is 6.07 Å². The third-order valence-corrected chi connectivity index (χ3v) is 3.60. The minimum absolute atomic E-state index is 0.0736. The summed E-state index contributed by atoms with van der Waals surface area (Å²) in [5, 5.41) is 11.0. The molecule has 0 N–H and O–H groups in total. The van der Waals surface area contributed by atoms with Gasteiger partial charge in [0.25, 0.3) is 5.69 Å². The van der Waals surface area contributed by atoms with Crippen LogP contribution >= 0.6 is 34.8 Å². The predicted molar refractivity (Wildman–Crippen MR) is 79.8 cm³/mol. The molecule has 0 heterocycles. The molecule has 114 valence electrons. The van der Waals surface area contributed by atoms with Gasteiger partial charge in [0.2, 0.25) is 0 Å². The Balaban J connectivity index is 3.08. The Morgan fingerprint density at radius 3 is 2.67 bits per heavy atom. The molecule has 1 aromatic rings. The maximum atomic E-state index is 13.7. The number of carbonyl (C=O) groups excluding carboxylic acids is 2. The summed E-state index contributed by atoms with van der Waals surface area (Å²) in [4.78, 5) is 32.6. The zero-order valence-corrected chi connectivity index (χ0v) is 13.6. The predicted octanol–water partition coefficient (Wildman–Crippen LogP) is 2.90. The van der Waals surface area contributed by atoms with E-state index in [0.717, 1.165) is 23.9 Å². The van der Waals surface area contributed by atoms with Crippen LogP contribution in [0.3, 0.4) is 0 Å². The van der Waals surface area contributed by atoms with Crippen LogP contribution in [0, 0.1) is 15.9 Å². The Bertz CT molecular complexity index is 582. The van der Waals surface area contributed by atoms with Crippen molar-refractivity contribution in [3.05, 3.63) is 33.6 Å². The fourth-order valence-electron chi connectivity index (χ4n) is 1.34. The zero-order valence-electron chi connectivity index (χ0n) is 10.6. The van der Waals surface area contributed by atoms with Gasteiger partial charge in [0.1, 0.15) is 11.4 Å². The monoisotopic (exact) mass is 429 g/mol. The molecule has 0 fully saturated rings. The standard InChI is InChI=1S/C11H9FINO6S/c1-2-19-10(15)5-21-9-4-7(12)6(11(16)20-13)3-8(9)14(17)18/h3-4H,2,5H2,1H3. The van der Waals surface area contributed by atoms with E-state index in [2.05, 4.69) is 7.80 Å². The van der Waals surface area contributed by atoms with Crippen LogP contribution in [0.15, 0.2) is 17.0 Å². The second kappa shape index (κ2) is 8.12. The topological polar surface area (TPSA) is 95.7 Å². The normalized spacial score (nSPS) is 10.0. The fourth-order valence-corrected chi connectivity index (χ4v) is 2.40. The molecule has 21 heavy (non-hydrogen) atoms. The summed E-state index contributed by atoms with van der Waals surface area (Å²) >= 11 is 2.01. The molecule has 0 bridgehead atoms. The van der Waals surface area contributed by atoms with Crippen molar-refractivity contribution in [1.29, 1.82) is 0 Å². The number of hydrogen-bond donors (Lipinski definition) is 0. The first-order valence-electron chi connectivity index (χ1n) is 5.50. The van der Waals surface area contributed by atoms with Crippen molar-refractivity contribution in [3.63, 3.8) is 0 Å². The molecule has 0 aliphatic rings. The average Bonchev–Trinajstić information content (AvgIpc) is 2.44. The largest absolute Gasteiger partial charge is 0.465 e. The molecule has 1 rings (SSSR count). The summed E-state index contributed by atoms with van der Waals surface area (Å²) < 4.78 is 22.7. The van der Waals surface area contributed by atoms with Crippen LogP contribution in [-0.4, -0.2) is 29.2 Å². The lowest BCUT2D eigenvalue weighted by Gasteiger charge is -2.06. The van der Waals surface area contributed by atoms with Gasteiger partial charge in [-0.05, 0) is 13.0 Å². The van der Waals surface area contributed by atoms with E-state index in [0.29, 0.717) is 0 Å². The second-order valence-corrected chi connectivity index (χ2v) is 4.97. The molecule has 0 radical (unpaired) electrons. The van der Waals surface area contributed by atoms with Crippen molar-refractivity contribution in [2.75, 3.05) is 12.4 Å². The molecule has 0 aliphatic heterocycles. The molecule has 0 aromatic heterocycles. The molecule has 0 saturated carbocycles.